The number of aromatic nitrogens is 6. The zero-order valence-electron chi connectivity index (χ0n) is 22.0. The maximum absolute atomic E-state index is 13.6. The van der Waals surface area contributed by atoms with E-state index in [2.05, 4.69) is 42.4 Å². The molecule has 1 amide bonds. The minimum atomic E-state index is -2.81. The zero-order chi connectivity index (χ0) is 28.3. The molecule has 1 saturated carbocycles. The number of anilines is 1. The molecular weight excluding hydrogens is 552 g/mol. The first kappa shape index (κ1) is 26.9. The number of halogens is 2. The van der Waals surface area contributed by atoms with Crippen molar-refractivity contribution in [2.75, 3.05) is 25.6 Å². The lowest BCUT2D eigenvalue weighted by Crippen LogP contribution is -2.19. The lowest BCUT2D eigenvalue weighted by molar-refractivity contribution is 0.0662. The first-order valence-electron chi connectivity index (χ1n) is 13.1. The van der Waals surface area contributed by atoms with Crippen LogP contribution in [0.2, 0.25) is 0 Å². The van der Waals surface area contributed by atoms with Gasteiger partial charge in [-0.05, 0) is 43.7 Å². The van der Waals surface area contributed by atoms with Crippen LogP contribution in [0.4, 0.5) is 13.9 Å². The predicted octanol–water partition coefficient (Wildman–Crippen LogP) is 5.17. The van der Waals surface area contributed by atoms with E-state index >= 15 is 0 Å². The second-order valence-corrected chi connectivity index (χ2v) is 10.7. The van der Waals surface area contributed by atoms with Crippen LogP contribution < -0.4 is 10.1 Å². The minimum Gasteiger partial charge on any atom is -0.494 e. The lowest BCUT2D eigenvalue weighted by atomic mass is 9.98. The van der Waals surface area contributed by atoms with Crippen molar-refractivity contribution in [2.24, 2.45) is 5.92 Å². The number of carbonyl (C=O) groups excluding carboxylic acids is 1. The van der Waals surface area contributed by atoms with Crippen molar-refractivity contribution in [2.45, 2.75) is 38.2 Å². The highest BCUT2D eigenvalue weighted by molar-refractivity contribution is 7.15. The Balaban J connectivity index is 1.37. The molecule has 0 bridgehead atoms. The highest BCUT2D eigenvalue weighted by Gasteiger charge is 2.23. The van der Waals surface area contributed by atoms with E-state index in [1.165, 1.54) is 25.6 Å². The van der Waals surface area contributed by atoms with Gasteiger partial charge in [-0.25, -0.2) is 8.78 Å². The molecule has 0 unspecified atom stereocenters. The normalized spacial score (nSPS) is 15.4. The van der Waals surface area contributed by atoms with Gasteiger partial charge in [-0.3, -0.25) is 24.8 Å². The van der Waals surface area contributed by atoms with Gasteiger partial charge in [0.1, 0.15) is 11.4 Å². The van der Waals surface area contributed by atoms with Gasteiger partial charge in [0, 0.05) is 48.2 Å². The van der Waals surface area contributed by atoms with Crippen LogP contribution in [0.3, 0.4) is 0 Å². The van der Waals surface area contributed by atoms with Gasteiger partial charge >= 0.3 is 0 Å². The van der Waals surface area contributed by atoms with E-state index in [1.54, 1.807) is 12.3 Å². The zero-order valence-corrected chi connectivity index (χ0v) is 22.8. The number of nitrogens with one attached hydrogen (secondary N) is 1. The molecule has 6 rings (SSSR count). The lowest BCUT2D eigenvalue weighted by Gasteiger charge is -2.22. The maximum Gasteiger partial charge on any atom is 0.280 e. The van der Waals surface area contributed by atoms with E-state index < -0.39 is 18.0 Å². The molecule has 1 aliphatic carbocycles. The van der Waals surface area contributed by atoms with Crippen LogP contribution in [0.1, 0.15) is 59.2 Å². The molecule has 4 aromatic rings. The van der Waals surface area contributed by atoms with Crippen LogP contribution in [0.5, 0.6) is 5.75 Å². The summed E-state index contributed by atoms with van der Waals surface area (Å²) in [5.41, 5.74) is 1.54. The van der Waals surface area contributed by atoms with Gasteiger partial charge in [0.25, 0.3) is 12.3 Å². The molecule has 1 saturated heterocycles. The topological polar surface area (TPSA) is 117 Å². The van der Waals surface area contributed by atoms with Gasteiger partial charge in [0.2, 0.25) is 5.13 Å². The third kappa shape index (κ3) is 6.08. The van der Waals surface area contributed by atoms with Crippen LogP contribution in [-0.4, -0.2) is 56.2 Å². The highest BCUT2D eigenvalue weighted by atomic mass is 32.1. The van der Waals surface area contributed by atoms with Crippen molar-refractivity contribution >= 4 is 22.4 Å². The summed E-state index contributed by atoms with van der Waals surface area (Å²) in [5, 5.41) is 16.1. The number of amides is 1. The van der Waals surface area contributed by atoms with E-state index in [0.29, 0.717) is 35.4 Å². The Bertz CT molecular complexity index is 1630. The maximum atomic E-state index is 13.6. The molecule has 0 spiro atoms. The minimum absolute atomic E-state index is 0.135. The molecule has 2 aliphatic rings. The van der Waals surface area contributed by atoms with E-state index in [1.807, 2.05) is 10.9 Å². The number of alkyl halides is 2. The second-order valence-electron chi connectivity index (χ2n) is 9.69. The van der Waals surface area contributed by atoms with Crippen molar-refractivity contribution in [1.82, 2.24) is 29.9 Å². The third-order valence-corrected chi connectivity index (χ3v) is 7.59. The summed E-state index contributed by atoms with van der Waals surface area (Å²) < 4.78 is 40.1. The van der Waals surface area contributed by atoms with Crippen LogP contribution >= 0.6 is 11.3 Å². The third-order valence-electron chi connectivity index (χ3n) is 6.84. The van der Waals surface area contributed by atoms with Gasteiger partial charge in [0.15, 0.2) is 5.01 Å². The van der Waals surface area contributed by atoms with Crippen LogP contribution in [0, 0.1) is 17.8 Å². The van der Waals surface area contributed by atoms with Crippen molar-refractivity contribution < 1.29 is 23.0 Å². The molecule has 1 aliphatic heterocycles. The fourth-order valence-electron chi connectivity index (χ4n) is 4.47. The second kappa shape index (κ2) is 11.7. The molecule has 0 radical (unpaired) electrons. The first-order valence-corrected chi connectivity index (χ1v) is 13.9. The summed E-state index contributed by atoms with van der Waals surface area (Å²) in [6.45, 7) is 1.34. The smallest absolute Gasteiger partial charge is 0.280 e. The van der Waals surface area contributed by atoms with E-state index in [-0.39, 0.29) is 28.0 Å². The molecule has 5 heterocycles. The van der Waals surface area contributed by atoms with E-state index in [4.69, 9.17) is 9.47 Å². The van der Waals surface area contributed by atoms with E-state index in [0.717, 1.165) is 42.6 Å². The standard InChI is InChI=1S/C28H25F2N7O3S/c1-39-24-14-32-23(26(29)30)11-20(24)19-10-22(17-12-33-37(15-17)18-6-8-40-9-7-18)31-13-21(19)27(38)34-28-36-35-25(41-28)5-4-16-2-3-16/h10-16,18,26H,2-3,6-9H2,1H3,(H,34,36,38). The average molecular weight is 578 g/mol. The number of hydrogen-bond donors (Lipinski definition) is 1. The van der Waals surface area contributed by atoms with Crippen LogP contribution in [-0.2, 0) is 4.74 Å². The molecule has 0 atom stereocenters. The Hall–Kier alpha value is -4.28. The molecule has 2 fully saturated rings. The summed E-state index contributed by atoms with van der Waals surface area (Å²) in [6.07, 6.45) is 7.27. The van der Waals surface area contributed by atoms with Gasteiger partial charge in [-0.2, -0.15) is 5.10 Å². The van der Waals surface area contributed by atoms with Gasteiger partial charge < -0.3 is 9.47 Å². The number of nitrogens with zero attached hydrogens (tertiary/aromatic N) is 6. The monoisotopic (exact) mass is 577 g/mol. The van der Waals surface area contributed by atoms with Crippen LogP contribution in [0.25, 0.3) is 22.4 Å². The SMILES string of the molecule is COc1cnc(C(F)F)cc1-c1cc(-c2cnn(C3CCOCC3)c2)ncc1C(=O)Nc1nnc(C#CC2CC2)s1. The molecule has 1 N–H and O–H groups in total. The summed E-state index contributed by atoms with van der Waals surface area (Å²) >= 11 is 1.16. The highest BCUT2D eigenvalue weighted by Crippen LogP contribution is 2.37. The molecular formula is C28H25F2N7O3S. The predicted molar refractivity (Wildman–Crippen MR) is 147 cm³/mol. The molecule has 0 aromatic carbocycles. The van der Waals surface area contributed by atoms with Crippen molar-refractivity contribution in [3.63, 3.8) is 0 Å². The molecule has 10 nitrogen and oxygen atoms in total. The van der Waals surface area contributed by atoms with Gasteiger partial charge in [-0.1, -0.05) is 17.3 Å². The van der Waals surface area contributed by atoms with Gasteiger partial charge in [-0.15, -0.1) is 10.2 Å². The number of pyridine rings is 2. The number of hydrogen-bond acceptors (Lipinski definition) is 9. The number of carbonyl (C=O) groups is 1. The largest absolute Gasteiger partial charge is 0.494 e. The summed E-state index contributed by atoms with van der Waals surface area (Å²) in [6, 6.07) is 3.10. The Morgan fingerprint density at radius 2 is 1.95 bits per heavy atom. The summed E-state index contributed by atoms with van der Waals surface area (Å²) in [4.78, 5) is 21.8. The summed E-state index contributed by atoms with van der Waals surface area (Å²) in [5.74, 6) is 6.19. The molecule has 4 aromatic heterocycles. The van der Waals surface area contributed by atoms with Crippen molar-refractivity contribution in [3.8, 4) is 40.0 Å². The molecule has 210 valence electrons. The molecule has 41 heavy (non-hydrogen) atoms. The molecule has 13 heteroatoms. The first-order chi connectivity index (χ1) is 20.0. The fourth-order valence-corrected chi connectivity index (χ4v) is 5.07. The van der Waals surface area contributed by atoms with Crippen molar-refractivity contribution in [3.05, 3.63) is 53.2 Å². The fraction of sp³-hybridized carbons (Fsp3) is 0.357. The van der Waals surface area contributed by atoms with Crippen molar-refractivity contribution in [1.29, 1.82) is 0 Å². The number of ether oxygens (including phenoxy) is 2. The Labute approximate surface area is 238 Å². The Morgan fingerprint density at radius 1 is 1.12 bits per heavy atom. The number of methoxy groups -OCH3 is 1. The average Bonchev–Trinajstić information content (AvgIpc) is 3.50. The van der Waals surface area contributed by atoms with E-state index in [9.17, 15) is 13.6 Å². The number of rotatable bonds is 7. The summed E-state index contributed by atoms with van der Waals surface area (Å²) in [7, 11) is 1.41. The van der Waals surface area contributed by atoms with Crippen LogP contribution in [0.15, 0.2) is 36.9 Å². The quantitative estimate of drug-likeness (QED) is 0.299. The Kier molecular flexibility index (Phi) is 7.67. The Morgan fingerprint density at radius 3 is 2.71 bits per heavy atom. The van der Waals surface area contributed by atoms with Gasteiger partial charge in [0.05, 0.1) is 36.8 Å².